The van der Waals surface area contributed by atoms with Crippen molar-refractivity contribution in [3.8, 4) is 0 Å². The van der Waals surface area contributed by atoms with E-state index in [0.29, 0.717) is 18.7 Å². The molecule has 0 amide bonds. The Labute approximate surface area is 109 Å². The first-order chi connectivity index (χ1) is 8.69. The van der Waals surface area contributed by atoms with Gasteiger partial charge in [0.1, 0.15) is 11.6 Å². The normalized spacial score (nSPS) is 10.8. The van der Waals surface area contributed by atoms with Gasteiger partial charge >= 0.3 is 0 Å². The first-order valence-electron chi connectivity index (χ1n) is 5.91. The van der Waals surface area contributed by atoms with Crippen molar-refractivity contribution >= 4 is 11.3 Å². The minimum absolute atomic E-state index is 0.336. The highest BCUT2D eigenvalue weighted by Gasteiger charge is 2.04. The second kappa shape index (κ2) is 6.07. The lowest BCUT2D eigenvalue weighted by Crippen LogP contribution is -2.13. The molecular formula is C14H15F2NS. The largest absolute Gasteiger partial charge is 0.308 e. The van der Waals surface area contributed by atoms with Crippen molar-refractivity contribution in [2.45, 2.75) is 26.4 Å². The summed E-state index contributed by atoms with van der Waals surface area (Å²) in [5.74, 6) is -0.776. The van der Waals surface area contributed by atoms with Crippen LogP contribution in [0, 0.1) is 11.6 Å². The van der Waals surface area contributed by atoms with Gasteiger partial charge in [-0.25, -0.2) is 8.78 Å². The van der Waals surface area contributed by atoms with E-state index in [1.54, 1.807) is 11.3 Å². The van der Waals surface area contributed by atoms with E-state index in [2.05, 4.69) is 24.4 Å². The topological polar surface area (TPSA) is 12.0 Å². The molecular weight excluding hydrogens is 252 g/mol. The summed E-state index contributed by atoms with van der Waals surface area (Å²) in [5.41, 5.74) is 0.363. The number of rotatable bonds is 5. The predicted molar refractivity (Wildman–Crippen MR) is 70.6 cm³/mol. The maximum atomic E-state index is 13.4. The lowest BCUT2D eigenvalue weighted by atomic mass is 10.2. The molecule has 0 radical (unpaired) electrons. The number of thiophene rings is 1. The summed E-state index contributed by atoms with van der Waals surface area (Å²) < 4.78 is 26.3. The van der Waals surface area contributed by atoms with E-state index in [-0.39, 0.29) is 5.82 Å². The molecule has 0 aliphatic rings. The van der Waals surface area contributed by atoms with Gasteiger partial charge in [0.25, 0.3) is 0 Å². The van der Waals surface area contributed by atoms with Crippen LogP contribution >= 0.6 is 11.3 Å². The zero-order valence-corrected chi connectivity index (χ0v) is 11.0. The third-order valence-corrected chi connectivity index (χ3v) is 3.92. The summed E-state index contributed by atoms with van der Waals surface area (Å²) in [4.78, 5) is 2.55. The Bertz CT molecular complexity index is 522. The second-order valence-electron chi connectivity index (χ2n) is 4.06. The molecule has 1 nitrogen and oxygen atoms in total. The Balaban J connectivity index is 1.90. The number of hydrogen-bond donors (Lipinski definition) is 1. The fourth-order valence-electron chi connectivity index (χ4n) is 1.71. The molecule has 0 aliphatic heterocycles. The molecule has 1 aromatic carbocycles. The standard InChI is InChI=1S/C14H15F2NS/c1-2-12-4-5-13(18-12)9-17-8-10-7-11(15)3-6-14(10)16/h3-7,17H,2,8-9H2,1H3. The average molecular weight is 267 g/mol. The van der Waals surface area contributed by atoms with Gasteiger partial charge in [-0.1, -0.05) is 6.92 Å². The van der Waals surface area contributed by atoms with Crippen LogP contribution < -0.4 is 5.32 Å². The minimum Gasteiger partial charge on any atom is -0.308 e. The van der Waals surface area contributed by atoms with Crippen LogP contribution in [0.1, 0.15) is 22.2 Å². The molecule has 4 heteroatoms. The van der Waals surface area contributed by atoms with Gasteiger partial charge in [-0.3, -0.25) is 0 Å². The molecule has 18 heavy (non-hydrogen) atoms. The third kappa shape index (κ3) is 3.37. The van der Waals surface area contributed by atoms with Gasteiger partial charge in [0.05, 0.1) is 0 Å². The zero-order chi connectivity index (χ0) is 13.0. The molecule has 2 rings (SSSR count). The number of hydrogen-bond acceptors (Lipinski definition) is 2. The Morgan fingerprint density at radius 1 is 1.06 bits per heavy atom. The van der Waals surface area contributed by atoms with Crippen LogP contribution in [0.15, 0.2) is 30.3 Å². The van der Waals surface area contributed by atoms with Crippen LogP contribution in [0.3, 0.4) is 0 Å². The van der Waals surface area contributed by atoms with E-state index in [1.165, 1.54) is 15.8 Å². The summed E-state index contributed by atoms with van der Waals surface area (Å²) in [6.45, 7) is 3.13. The third-order valence-electron chi connectivity index (χ3n) is 2.69. The van der Waals surface area contributed by atoms with Crippen molar-refractivity contribution in [2.75, 3.05) is 0 Å². The molecule has 0 unspecified atom stereocenters. The van der Waals surface area contributed by atoms with E-state index in [4.69, 9.17) is 0 Å². The highest BCUT2D eigenvalue weighted by molar-refractivity contribution is 7.11. The van der Waals surface area contributed by atoms with E-state index >= 15 is 0 Å². The summed E-state index contributed by atoms with van der Waals surface area (Å²) in [6.07, 6.45) is 1.03. The van der Waals surface area contributed by atoms with E-state index in [0.717, 1.165) is 18.6 Å². The lowest BCUT2D eigenvalue weighted by molar-refractivity contribution is 0.569. The van der Waals surface area contributed by atoms with Crippen molar-refractivity contribution in [2.24, 2.45) is 0 Å². The first-order valence-corrected chi connectivity index (χ1v) is 6.73. The Hall–Kier alpha value is -1.26. The van der Waals surface area contributed by atoms with Crippen LogP contribution in [0.4, 0.5) is 8.78 Å². The van der Waals surface area contributed by atoms with Crippen molar-refractivity contribution in [3.63, 3.8) is 0 Å². The number of aryl methyl sites for hydroxylation is 1. The fraction of sp³-hybridized carbons (Fsp3) is 0.286. The minimum atomic E-state index is -0.405. The van der Waals surface area contributed by atoms with Gasteiger partial charge in [-0.15, -0.1) is 11.3 Å². The van der Waals surface area contributed by atoms with Gasteiger partial charge in [0.2, 0.25) is 0 Å². The van der Waals surface area contributed by atoms with Gasteiger partial charge < -0.3 is 5.32 Å². The molecule has 0 fully saturated rings. The average Bonchev–Trinajstić information content (AvgIpc) is 2.81. The Morgan fingerprint density at radius 3 is 2.56 bits per heavy atom. The predicted octanol–water partition coefficient (Wildman–Crippen LogP) is 3.88. The lowest BCUT2D eigenvalue weighted by Gasteiger charge is -2.05. The van der Waals surface area contributed by atoms with Crippen LogP contribution in [-0.4, -0.2) is 0 Å². The van der Waals surface area contributed by atoms with Gasteiger partial charge in [-0.05, 0) is 36.8 Å². The summed E-state index contributed by atoms with van der Waals surface area (Å²) in [5, 5.41) is 3.13. The zero-order valence-electron chi connectivity index (χ0n) is 10.2. The molecule has 1 heterocycles. The van der Waals surface area contributed by atoms with E-state index in [1.807, 2.05) is 0 Å². The summed E-state index contributed by atoms with van der Waals surface area (Å²) in [6, 6.07) is 7.69. The van der Waals surface area contributed by atoms with Crippen molar-refractivity contribution in [1.29, 1.82) is 0 Å². The van der Waals surface area contributed by atoms with Crippen molar-refractivity contribution < 1.29 is 8.78 Å². The molecule has 0 atom stereocenters. The molecule has 0 spiro atoms. The number of nitrogens with one attached hydrogen (secondary N) is 1. The SMILES string of the molecule is CCc1ccc(CNCc2cc(F)ccc2F)s1. The first kappa shape index (κ1) is 13.2. The van der Waals surface area contributed by atoms with Gasteiger partial charge in [0.15, 0.2) is 0 Å². The number of halogens is 2. The molecule has 96 valence electrons. The maximum Gasteiger partial charge on any atom is 0.127 e. The molecule has 1 aromatic heterocycles. The number of benzene rings is 1. The molecule has 0 saturated carbocycles. The fourth-order valence-corrected chi connectivity index (χ4v) is 2.63. The molecule has 0 saturated heterocycles. The van der Waals surface area contributed by atoms with Crippen LogP contribution in [0.25, 0.3) is 0 Å². The van der Waals surface area contributed by atoms with Crippen molar-refractivity contribution in [1.82, 2.24) is 5.32 Å². The summed E-state index contributed by atoms with van der Waals surface area (Å²) in [7, 11) is 0. The van der Waals surface area contributed by atoms with Gasteiger partial charge in [0, 0.05) is 28.4 Å². The van der Waals surface area contributed by atoms with Crippen LogP contribution in [-0.2, 0) is 19.5 Å². The van der Waals surface area contributed by atoms with Crippen LogP contribution in [0.2, 0.25) is 0 Å². The van der Waals surface area contributed by atoms with E-state index < -0.39 is 5.82 Å². The van der Waals surface area contributed by atoms with Crippen molar-refractivity contribution in [3.05, 3.63) is 57.3 Å². The smallest absolute Gasteiger partial charge is 0.127 e. The maximum absolute atomic E-state index is 13.4. The Kier molecular flexibility index (Phi) is 4.44. The molecule has 0 aliphatic carbocycles. The molecule has 0 bridgehead atoms. The Morgan fingerprint density at radius 2 is 1.83 bits per heavy atom. The van der Waals surface area contributed by atoms with Crippen LogP contribution in [0.5, 0.6) is 0 Å². The highest BCUT2D eigenvalue weighted by atomic mass is 32.1. The summed E-state index contributed by atoms with van der Waals surface area (Å²) >= 11 is 1.75. The van der Waals surface area contributed by atoms with Gasteiger partial charge in [-0.2, -0.15) is 0 Å². The van der Waals surface area contributed by atoms with E-state index in [9.17, 15) is 8.78 Å². The highest BCUT2D eigenvalue weighted by Crippen LogP contribution is 2.17. The molecule has 2 aromatic rings. The quantitative estimate of drug-likeness (QED) is 0.867. The monoisotopic (exact) mass is 267 g/mol. The second-order valence-corrected chi connectivity index (χ2v) is 5.31. The molecule has 1 N–H and O–H groups in total.